The van der Waals surface area contributed by atoms with Crippen molar-refractivity contribution in [2.75, 3.05) is 59.3 Å². The molecule has 0 spiro atoms. The Morgan fingerprint density at radius 2 is 2.00 bits per heavy atom. The first-order valence-electron chi connectivity index (χ1n) is 9.12. The molecule has 2 N–H and O–H groups in total. The Labute approximate surface area is 141 Å². The van der Waals surface area contributed by atoms with Crippen LogP contribution < -0.4 is 10.6 Å². The van der Waals surface area contributed by atoms with Gasteiger partial charge in [-0.25, -0.2) is 0 Å². The van der Waals surface area contributed by atoms with Gasteiger partial charge in [0.1, 0.15) is 0 Å². The van der Waals surface area contributed by atoms with Crippen molar-refractivity contribution in [2.45, 2.75) is 39.5 Å². The van der Waals surface area contributed by atoms with E-state index in [1.54, 1.807) is 0 Å². The van der Waals surface area contributed by atoms with Crippen LogP contribution in [-0.2, 0) is 14.2 Å². The van der Waals surface area contributed by atoms with Crippen molar-refractivity contribution in [1.82, 2.24) is 10.6 Å². The number of nitrogens with zero attached hydrogens (tertiary/aromatic N) is 1. The highest BCUT2D eigenvalue weighted by Crippen LogP contribution is 2.12. The molecule has 1 aliphatic rings. The summed E-state index contributed by atoms with van der Waals surface area (Å²) in [5.41, 5.74) is 0. The summed E-state index contributed by atoms with van der Waals surface area (Å²) in [6.45, 7) is 11.5. The first-order valence-corrected chi connectivity index (χ1v) is 9.12. The minimum absolute atomic E-state index is 0.588. The number of guanidine groups is 1. The average molecular weight is 329 g/mol. The third kappa shape index (κ3) is 11.3. The zero-order valence-electron chi connectivity index (χ0n) is 14.9. The van der Waals surface area contributed by atoms with Crippen LogP contribution >= 0.6 is 0 Å². The summed E-state index contributed by atoms with van der Waals surface area (Å²) in [6, 6.07) is 0. The molecule has 0 saturated carbocycles. The van der Waals surface area contributed by atoms with Crippen molar-refractivity contribution in [2.24, 2.45) is 10.9 Å². The van der Waals surface area contributed by atoms with Gasteiger partial charge >= 0.3 is 0 Å². The fraction of sp³-hybridized carbons (Fsp3) is 0.941. The number of ether oxygens (including phenoxy) is 3. The first-order chi connectivity index (χ1) is 11.4. The third-order valence-corrected chi connectivity index (χ3v) is 3.62. The second-order valence-corrected chi connectivity index (χ2v) is 5.81. The van der Waals surface area contributed by atoms with Gasteiger partial charge in [0.25, 0.3) is 0 Å². The summed E-state index contributed by atoms with van der Waals surface area (Å²) in [4.78, 5) is 4.55. The van der Waals surface area contributed by atoms with Gasteiger partial charge in [-0.15, -0.1) is 0 Å². The summed E-state index contributed by atoms with van der Waals surface area (Å²) in [6.07, 6.45) is 4.37. The molecular formula is C17H35N3O3. The van der Waals surface area contributed by atoms with Crippen LogP contribution in [0.3, 0.4) is 0 Å². The van der Waals surface area contributed by atoms with Crippen molar-refractivity contribution in [3.05, 3.63) is 0 Å². The van der Waals surface area contributed by atoms with Crippen molar-refractivity contribution in [3.8, 4) is 0 Å². The Morgan fingerprint density at radius 3 is 2.74 bits per heavy atom. The maximum Gasteiger partial charge on any atom is 0.191 e. The summed E-state index contributed by atoms with van der Waals surface area (Å²) in [5.74, 6) is 1.45. The van der Waals surface area contributed by atoms with Crippen LogP contribution in [0.2, 0.25) is 0 Å². The van der Waals surface area contributed by atoms with E-state index >= 15 is 0 Å². The summed E-state index contributed by atoms with van der Waals surface area (Å²) in [5, 5.41) is 6.54. The quantitative estimate of drug-likeness (QED) is 0.306. The Balaban J connectivity index is 2.01. The lowest BCUT2D eigenvalue weighted by molar-refractivity contribution is 0.0893. The smallest absolute Gasteiger partial charge is 0.191 e. The monoisotopic (exact) mass is 329 g/mol. The van der Waals surface area contributed by atoms with E-state index in [0.29, 0.717) is 5.92 Å². The lowest BCUT2D eigenvalue weighted by Crippen LogP contribution is -2.39. The molecule has 1 unspecified atom stereocenters. The molecule has 1 rings (SSSR count). The molecule has 0 bridgehead atoms. The molecule has 0 aromatic rings. The van der Waals surface area contributed by atoms with E-state index in [-0.39, 0.29) is 0 Å². The van der Waals surface area contributed by atoms with Crippen LogP contribution in [0.25, 0.3) is 0 Å². The first kappa shape index (κ1) is 20.2. The molecule has 1 aliphatic heterocycles. The minimum Gasteiger partial charge on any atom is -0.381 e. The van der Waals surface area contributed by atoms with E-state index in [1.807, 2.05) is 0 Å². The molecule has 6 nitrogen and oxygen atoms in total. The number of unbranched alkanes of at least 4 members (excludes halogenated alkanes) is 1. The van der Waals surface area contributed by atoms with Crippen LogP contribution in [0, 0.1) is 5.92 Å². The van der Waals surface area contributed by atoms with Crippen LogP contribution in [0.15, 0.2) is 4.99 Å². The Kier molecular flexibility index (Phi) is 12.9. The van der Waals surface area contributed by atoms with E-state index in [0.717, 1.165) is 84.5 Å². The Bertz CT molecular complexity index is 295. The largest absolute Gasteiger partial charge is 0.381 e. The molecule has 1 atom stereocenters. The zero-order valence-corrected chi connectivity index (χ0v) is 14.9. The second-order valence-electron chi connectivity index (χ2n) is 5.81. The van der Waals surface area contributed by atoms with Gasteiger partial charge in [0.05, 0.1) is 19.8 Å². The van der Waals surface area contributed by atoms with E-state index in [9.17, 15) is 0 Å². The summed E-state index contributed by atoms with van der Waals surface area (Å²) >= 11 is 0. The van der Waals surface area contributed by atoms with E-state index in [2.05, 4.69) is 29.5 Å². The Morgan fingerprint density at radius 1 is 1.13 bits per heavy atom. The lowest BCUT2D eigenvalue weighted by atomic mass is 10.1. The van der Waals surface area contributed by atoms with Gasteiger partial charge in [0.15, 0.2) is 5.96 Å². The molecule has 0 amide bonds. The standard InChI is InChI=1S/C17H35N3O3/c1-3-5-10-21-13-9-20-17(18-4-2)19-8-6-11-22-14-16-7-12-23-15-16/h16H,3-15H2,1-2H3,(H2,18,19,20). The van der Waals surface area contributed by atoms with Gasteiger partial charge in [-0.05, 0) is 26.2 Å². The molecule has 0 aromatic carbocycles. The van der Waals surface area contributed by atoms with Crippen molar-refractivity contribution < 1.29 is 14.2 Å². The maximum atomic E-state index is 5.69. The molecule has 0 aromatic heterocycles. The fourth-order valence-electron chi connectivity index (χ4n) is 2.25. The Hall–Kier alpha value is -0.850. The van der Waals surface area contributed by atoms with Gasteiger partial charge in [0, 0.05) is 45.4 Å². The molecule has 1 fully saturated rings. The predicted octanol–water partition coefficient (Wildman–Crippen LogP) is 1.80. The lowest BCUT2D eigenvalue weighted by Gasteiger charge is -2.12. The highest BCUT2D eigenvalue weighted by molar-refractivity contribution is 5.79. The van der Waals surface area contributed by atoms with Crippen molar-refractivity contribution in [3.63, 3.8) is 0 Å². The topological polar surface area (TPSA) is 64.1 Å². The number of rotatable bonds is 13. The minimum atomic E-state index is 0.588. The molecular weight excluding hydrogens is 294 g/mol. The summed E-state index contributed by atoms with van der Waals surface area (Å²) in [7, 11) is 0. The normalized spacial score (nSPS) is 18.3. The van der Waals surface area contributed by atoms with Crippen molar-refractivity contribution >= 4 is 5.96 Å². The van der Waals surface area contributed by atoms with Crippen LogP contribution in [0.1, 0.15) is 39.5 Å². The van der Waals surface area contributed by atoms with E-state index in [4.69, 9.17) is 14.2 Å². The van der Waals surface area contributed by atoms with Crippen LogP contribution in [0.5, 0.6) is 0 Å². The number of hydrogen-bond donors (Lipinski definition) is 2. The third-order valence-electron chi connectivity index (χ3n) is 3.62. The van der Waals surface area contributed by atoms with Crippen LogP contribution in [0.4, 0.5) is 0 Å². The average Bonchev–Trinajstić information content (AvgIpc) is 3.07. The van der Waals surface area contributed by atoms with Gasteiger partial charge in [-0.1, -0.05) is 13.3 Å². The van der Waals surface area contributed by atoms with Gasteiger partial charge < -0.3 is 24.8 Å². The second kappa shape index (κ2) is 14.7. The molecule has 1 saturated heterocycles. The molecule has 6 heteroatoms. The summed E-state index contributed by atoms with van der Waals surface area (Å²) < 4.78 is 16.6. The molecule has 1 heterocycles. The van der Waals surface area contributed by atoms with Gasteiger partial charge in [-0.3, -0.25) is 4.99 Å². The number of nitrogens with one attached hydrogen (secondary N) is 2. The number of hydrogen-bond acceptors (Lipinski definition) is 4. The molecule has 0 aliphatic carbocycles. The molecule has 136 valence electrons. The predicted molar refractivity (Wildman–Crippen MR) is 94.1 cm³/mol. The highest BCUT2D eigenvalue weighted by atomic mass is 16.5. The molecule has 23 heavy (non-hydrogen) atoms. The van der Waals surface area contributed by atoms with E-state index < -0.39 is 0 Å². The van der Waals surface area contributed by atoms with E-state index in [1.165, 1.54) is 6.42 Å². The van der Waals surface area contributed by atoms with Gasteiger partial charge in [0.2, 0.25) is 0 Å². The molecule has 0 radical (unpaired) electrons. The highest BCUT2D eigenvalue weighted by Gasteiger charge is 2.15. The number of aliphatic imine (C=N–C) groups is 1. The van der Waals surface area contributed by atoms with Crippen LogP contribution in [-0.4, -0.2) is 65.2 Å². The fourth-order valence-corrected chi connectivity index (χ4v) is 2.25. The van der Waals surface area contributed by atoms with Gasteiger partial charge in [-0.2, -0.15) is 0 Å². The maximum absolute atomic E-state index is 5.69. The zero-order chi connectivity index (χ0) is 16.6. The SMILES string of the molecule is CCCCOCCNC(=NCCCOCC1CCOC1)NCC. The van der Waals surface area contributed by atoms with Crippen molar-refractivity contribution in [1.29, 1.82) is 0 Å².